The van der Waals surface area contributed by atoms with Crippen molar-refractivity contribution in [3.63, 3.8) is 0 Å². The maximum Gasteiger partial charge on any atom is 0.193 e. The smallest absolute Gasteiger partial charge is 0.193 e. The summed E-state index contributed by atoms with van der Waals surface area (Å²) >= 11 is 0. The van der Waals surface area contributed by atoms with Gasteiger partial charge in [0.25, 0.3) is 0 Å². The monoisotopic (exact) mass is 506 g/mol. The van der Waals surface area contributed by atoms with Gasteiger partial charge in [0.15, 0.2) is 28.8 Å². The molecule has 5 heteroatoms. The Balaban J connectivity index is 1.44. The Kier molecular flexibility index (Phi) is 8.62. The number of ether oxygens (including phenoxy) is 4. The van der Waals surface area contributed by atoms with Crippen LogP contribution in [0.5, 0.6) is 34.5 Å². The molecule has 192 valence electrons. The summed E-state index contributed by atoms with van der Waals surface area (Å²) in [4.78, 5) is 13.0. The highest BCUT2D eigenvalue weighted by atomic mass is 16.5. The minimum Gasteiger partial charge on any atom is -0.493 e. The minimum atomic E-state index is -0.0929. The van der Waals surface area contributed by atoms with Crippen LogP contribution in [-0.4, -0.2) is 20.0 Å². The number of carbonyl (C=O) groups excluding carboxylic acids is 1. The van der Waals surface area contributed by atoms with Gasteiger partial charge in [-0.3, -0.25) is 4.79 Å². The number of ketones is 1. The van der Waals surface area contributed by atoms with Gasteiger partial charge in [-0.2, -0.15) is 0 Å². The van der Waals surface area contributed by atoms with Crippen LogP contribution in [-0.2, 0) is 0 Å². The quantitative estimate of drug-likeness (QED) is 0.202. The molecule has 4 aromatic rings. The van der Waals surface area contributed by atoms with E-state index in [9.17, 15) is 4.79 Å². The molecule has 0 amide bonds. The lowest BCUT2D eigenvalue weighted by Gasteiger charge is -2.12. The average molecular weight is 507 g/mol. The second-order valence-corrected chi connectivity index (χ2v) is 8.40. The van der Waals surface area contributed by atoms with Crippen LogP contribution in [0.15, 0.2) is 97.1 Å². The van der Waals surface area contributed by atoms with E-state index in [1.807, 2.05) is 74.5 Å². The van der Waals surface area contributed by atoms with Crippen LogP contribution in [0.25, 0.3) is 12.2 Å². The zero-order valence-electron chi connectivity index (χ0n) is 21.9. The Labute approximate surface area is 223 Å². The van der Waals surface area contributed by atoms with E-state index in [1.54, 1.807) is 62.8 Å². The van der Waals surface area contributed by atoms with Gasteiger partial charge in [-0.15, -0.1) is 0 Å². The van der Waals surface area contributed by atoms with E-state index in [2.05, 4.69) is 0 Å². The molecule has 0 heterocycles. The third kappa shape index (κ3) is 6.31. The van der Waals surface area contributed by atoms with E-state index in [4.69, 9.17) is 18.9 Å². The number of hydrogen-bond acceptors (Lipinski definition) is 5. The molecule has 0 aliphatic carbocycles. The molecule has 0 fully saturated rings. The topological polar surface area (TPSA) is 54.0 Å². The summed E-state index contributed by atoms with van der Waals surface area (Å²) in [5.41, 5.74) is 3.16. The summed E-state index contributed by atoms with van der Waals surface area (Å²) in [6, 6.07) is 25.6. The standard InChI is InChI=1S/C33H30O5/c1-5-7-23-9-19-29(31(21-23)35-3)37-27-15-11-25(12-16-27)33(34)26-13-17-28(18-14-26)38-30-20-10-24(8-6-2)22-32(30)36-4/h5-22H,1-4H3/b7-5+,8-6+. The summed E-state index contributed by atoms with van der Waals surface area (Å²) in [5, 5.41) is 0. The molecule has 38 heavy (non-hydrogen) atoms. The van der Waals surface area contributed by atoms with Gasteiger partial charge in [0.1, 0.15) is 11.5 Å². The predicted molar refractivity (Wildman–Crippen MR) is 152 cm³/mol. The molecule has 0 saturated heterocycles. The lowest BCUT2D eigenvalue weighted by Crippen LogP contribution is -2.01. The lowest BCUT2D eigenvalue weighted by molar-refractivity contribution is 0.103. The fourth-order valence-electron chi connectivity index (χ4n) is 3.90. The molecule has 0 bridgehead atoms. The summed E-state index contributed by atoms with van der Waals surface area (Å²) in [6.07, 6.45) is 7.91. The largest absolute Gasteiger partial charge is 0.493 e. The highest BCUT2D eigenvalue weighted by Gasteiger charge is 2.12. The first-order valence-corrected chi connectivity index (χ1v) is 12.3. The molecule has 5 nitrogen and oxygen atoms in total. The highest BCUT2D eigenvalue weighted by molar-refractivity contribution is 6.09. The molecular weight excluding hydrogens is 476 g/mol. The molecule has 0 N–H and O–H groups in total. The van der Waals surface area contributed by atoms with E-state index in [0.29, 0.717) is 45.6 Å². The van der Waals surface area contributed by atoms with E-state index < -0.39 is 0 Å². The van der Waals surface area contributed by atoms with E-state index in [-0.39, 0.29) is 5.78 Å². The van der Waals surface area contributed by atoms with E-state index in [0.717, 1.165) is 11.1 Å². The first kappa shape index (κ1) is 26.3. The Morgan fingerprint density at radius 2 is 0.947 bits per heavy atom. The molecule has 0 radical (unpaired) electrons. The molecular formula is C33H30O5. The molecule has 4 aromatic carbocycles. The van der Waals surface area contributed by atoms with Crippen molar-refractivity contribution < 1.29 is 23.7 Å². The van der Waals surface area contributed by atoms with E-state index in [1.165, 1.54) is 0 Å². The van der Waals surface area contributed by atoms with Crippen LogP contribution >= 0.6 is 0 Å². The number of benzene rings is 4. The van der Waals surface area contributed by atoms with Gasteiger partial charge in [0.2, 0.25) is 0 Å². The summed E-state index contributed by atoms with van der Waals surface area (Å²) in [7, 11) is 3.22. The first-order chi connectivity index (χ1) is 18.5. The molecule has 0 spiro atoms. The third-order valence-electron chi connectivity index (χ3n) is 5.78. The van der Waals surface area contributed by atoms with Gasteiger partial charge in [0, 0.05) is 11.1 Å². The van der Waals surface area contributed by atoms with Crippen molar-refractivity contribution >= 4 is 17.9 Å². The summed E-state index contributed by atoms with van der Waals surface area (Å²) < 4.78 is 22.9. The van der Waals surface area contributed by atoms with Gasteiger partial charge in [-0.1, -0.05) is 36.4 Å². The fraction of sp³-hybridized carbons (Fsp3) is 0.121. The third-order valence-corrected chi connectivity index (χ3v) is 5.78. The van der Waals surface area contributed by atoms with Crippen LogP contribution in [0.3, 0.4) is 0 Å². The van der Waals surface area contributed by atoms with Crippen LogP contribution in [0.4, 0.5) is 0 Å². The second kappa shape index (κ2) is 12.5. The molecule has 4 rings (SSSR count). The van der Waals surface area contributed by atoms with Crippen molar-refractivity contribution in [3.8, 4) is 34.5 Å². The van der Waals surface area contributed by atoms with Crippen LogP contribution in [0, 0.1) is 0 Å². The SMILES string of the molecule is C/C=C/c1ccc(Oc2ccc(C(=O)c3ccc(Oc4ccc(/C=C/C)cc4OC)cc3)cc2)c(OC)c1. The summed E-state index contributed by atoms with van der Waals surface area (Å²) in [6.45, 7) is 3.93. The van der Waals surface area contributed by atoms with Crippen molar-refractivity contribution in [1.29, 1.82) is 0 Å². The number of rotatable bonds is 10. The Bertz CT molecular complexity index is 1340. The normalized spacial score (nSPS) is 11.1. The van der Waals surface area contributed by atoms with Crippen molar-refractivity contribution in [1.82, 2.24) is 0 Å². The molecule has 0 saturated carbocycles. The highest BCUT2D eigenvalue weighted by Crippen LogP contribution is 2.34. The molecule has 0 aliphatic rings. The molecule has 0 aromatic heterocycles. The Morgan fingerprint density at radius 1 is 0.553 bits per heavy atom. The fourth-order valence-corrected chi connectivity index (χ4v) is 3.90. The van der Waals surface area contributed by atoms with Crippen LogP contribution in [0.1, 0.15) is 40.9 Å². The predicted octanol–water partition coefficient (Wildman–Crippen LogP) is 8.59. The maximum atomic E-state index is 13.0. The van der Waals surface area contributed by atoms with Gasteiger partial charge in [0.05, 0.1) is 14.2 Å². The number of carbonyl (C=O) groups is 1. The zero-order chi connectivity index (χ0) is 26.9. The Hall–Kier alpha value is -4.77. The molecule has 0 aliphatic heterocycles. The van der Waals surface area contributed by atoms with Crippen LogP contribution < -0.4 is 18.9 Å². The number of allylic oxidation sites excluding steroid dienone is 2. The zero-order valence-corrected chi connectivity index (χ0v) is 21.9. The van der Waals surface area contributed by atoms with Gasteiger partial charge < -0.3 is 18.9 Å². The van der Waals surface area contributed by atoms with Crippen molar-refractivity contribution in [3.05, 3.63) is 119 Å². The Morgan fingerprint density at radius 3 is 1.29 bits per heavy atom. The molecule has 0 atom stereocenters. The van der Waals surface area contributed by atoms with Crippen LogP contribution in [0.2, 0.25) is 0 Å². The second-order valence-electron chi connectivity index (χ2n) is 8.40. The van der Waals surface area contributed by atoms with Crippen molar-refractivity contribution in [2.45, 2.75) is 13.8 Å². The van der Waals surface area contributed by atoms with Crippen molar-refractivity contribution in [2.75, 3.05) is 14.2 Å². The van der Waals surface area contributed by atoms with Gasteiger partial charge in [-0.25, -0.2) is 0 Å². The first-order valence-electron chi connectivity index (χ1n) is 12.3. The average Bonchev–Trinajstić information content (AvgIpc) is 2.95. The van der Waals surface area contributed by atoms with Crippen molar-refractivity contribution in [2.24, 2.45) is 0 Å². The molecule has 0 unspecified atom stereocenters. The maximum absolute atomic E-state index is 13.0. The van der Waals surface area contributed by atoms with Gasteiger partial charge >= 0.3 is 0 Å². The lowest BCUT2D eigenvalue weighted by atomic mass is 10.0. The summed E-state index contributed by atoms with van der Waals surface area (Å²) in [5.74, 6) is 3.59. The van der Waals surface area contributed by atoms with Gasteiger partial charge in [-0.05, 0) is 97.8 Å². The number of hydrogen-bond donors (Lipinski definition) is 0. The minimum absolute atomic E-state index is 0.0929. The number of methoxy groups -OCH3 is 2. The van der Waals surface area contributed by atoms with E-state index >= 15 is 0 Å².